The topological polar surface area (TPSA) is 58.5 Å². The number of anilines is 1. The maximum Gasteiger partial charge on any atom is 0.234 e. The number of benzene rings is 1. The first-order valence-corrected chi connectivity index (χ1v) is 9.03. The maximum absolute atomic E-state index is 11.0. The lowest BCUT2D eigenvalue weighted by Crippen LogP contribution is -2.43. The molecule has 0 amide bonds. The first-order chi connectivity index (χ1) is 12.0. The van der Waals surface area contributed by atoms with Crippen LogP contribution >= 0.6 is 11.6 Å². The van der Waals surface area contributed by atoms with Crippen molar-refractivity contribution in [1.29, 1.82) is 0 Å². The van der Waals surface area contributed by atoms with Crippen molar-refractivity contribution in [2.45, 2.75) is 32.3 Å². The van der Waals surface area contributed by atoms with Crippen LogP contribution in [0.25, 0.3) is 0 Å². The molecule has 2 heterocycles. The standard InChI is InChI=1S/C19H24ClN3O2/c1-14(2)13-25-18-12-21-11-17(22-18)23-9-7-19(24,8-10-23)15-5-3-4-6-16(15)20/h3-6,11-12,14,24H,7-10,13H2,1-2H3. The second-order valence-corrected chi connectivity index (χ2v) is 7.33. The minimum Gasteiger partial charge on any atom is -0.476 e. The summed E-state index contributed by atoms with van der Waals surface area (Å²) in [5.41, 5.74) is -0.0926. The Hall–Kier alpha value is -1.85. The fraction of sp³-hybridized carbons (Fsp3) is 0.474. The lowest BCUT2D eigenvalue weighted by atomic mass is 9.84. The van der Waals surface area contributed by atoms with Gasteiger partial charge in [0.2, 0.25) is 5.88 Å². The van der Waals surface area contributed by atoms with Gasteiger partial charge in [-0.2, -0.15) is 4.98 Å². The van der Waals surface area contributed by atoms with Crippen molar-refractivity contribution in [3.8, 4) is 5.88 Å². The summed E-state index contributed by atoms with van der Waals surface area (Å²) in [5.74, 6) is 1.76. The number of aliphatic hydroxyl groups is 1. The number of hydrogen-bond acceptors (Lipinski definition) is 5. The fourth-order valence-electron chi connectivity index (χ4n) is 3.03. The normalized spacial score (nSPS) is 16.9. The molecule has 25 heavy (non-hydrogen) atoms. The zero-order chi connectivity index (χ0) is 17.9. The van der Waals surface area contributed by atoms with Crippen molar-refractivity contribution in [3.63, 3.8) is 0 Å². The maximum atomic E-state index is 11.0. The third-order valence-electron chi connectivity index (χ3n) is 4.45. The Morgan fingerprint density at radius 1 is 1.24 bits per heavy atom. The highest BCUT2D eigenvalue weighted by atomic mass is 35.5. The molecule has 134 valence electrons. The van der Waals surface area contributed by atoms with Gasteiger partial charge in [-0.1, -0.05) is 43.6 Å². The molecule has 0 saturated carbocycles. The van der Waals surface area contributed by atoms with Crippen LogP contribution in [0.2, 0.25) is 5.02 Å². The van der Waals surface area contributed by atoms with Gasteiger partial charge in [0, 0.05) is 23.7 Å². The first-order valence-electron chi connectivity index (χ1n) is 8.65. The van der Waals surface area contributed by atoms with Crippen molar-refractivity contribution in [2.75, 3.05) is 24.6 Å². The summed E-state index contributed by atoms with van der Waals surface area (Å²) >= 11 is 6.27. The molecule has 1 aromatic heterocycles. The predicted octanol–water partition coefficient (Wildman–Crippen LogP) is 3.65. The Kier molecular flexibility index (Phi) is 5.45. The number of piperidine rings is 1. The van der Waals surface area contributed by atoms with E-state index in [9.17, 15) is 5.11 Å². The number of aromatic nitrogens is 2. The average molecular weight is 362 g/mol. The molecular weight excluding hydrogens is 338 g/mol. The summed E-state index contributed by atoms with van der Waals surface area (Å²) in [5, 5.41) is 11.6. The van der Waals surface area contributed by atoms with Crippen molar-refractivity contribution >= 4 is 17.4 Å². The van der Waals surface area contributed by atoms with Crippen LogP contribution in [0, 0.1) is 5.92 Å². The quantitative estimate of drug-likeness (QED) is 0.880. The molecule has 0 spiro atoms. The van der Waals surface area contributed by atoms with Crippen molar-refractivity contribution in [2.24, 2.45) is 5.92 Å². The number of nitrogens with zero attached hydrogens (tertiary/aromatic N) is 3. The number of hydrogen-bond donors (Lipinski definition) is 1. The zero-order valence-corrected chi connectivity index (χ0v) is 15.4. The summed E-state index contributed by atoms with van der Waals surface area (Å²) in [6, 6.07) is 7.51. The molecule has 0 bridgehead atoms. The summed E-state index contributed by atoms with van der Waals surface area (Å²) in [6.07, 6.45) is 4.56. The van der Waals surface area contributed by atoms with Gasteiger partial charge in [-0.3, -0.25) is 4.98 Å². The van der Waals surface area contributed by atoms with Crippen LogP contribution in [0.4, 0.5) is 5.82 Å². The Morgan fingerprint density at radius 2 is 1.96 bits per heavy atom. The van der Waals surface area contributed by atoms with E-state index in [0.29, 0.717) is 49.4 Å². The molecule has 1 N–H and O–H groups in total. The lowest BCUT2D eigenvalue weighted by Gasteiger charge is -2.39. The zero-order valence-electron chi connectivity index (χ0n) is 14.7. The summed E-state index contributed by atoms with van der Waals surface area (Å²) in [4.78, 5) is 10.9. The summed E-state index contributed by atoms with van der Waals surface area (Å²) in [7, 11) is 0. The van der Waals surface area contributed by atoms with Gasteiger partial charge < -0.3 is 14.7 Å². The molecular formula is C19H24ClN3O2. The summed E-state index contributed by atoms with van der Waals surface area (Å²) in [6.45, 7) is 6.17. The van der Waals surface area contributed by atoms with Crippen LogP contribution in [0.5, 0.6) is 5.88 Å². The van der Waals surface area contributed by atoms with Crippen LogP contribution in [0.1, 0.15) is 32.3 Å². The molecule has 0 unspecified atom stereocenters. The van der Waals surface area contributed by atoms with Gasteiger partial charge in [0.15, 0.2) is 5.82 Å². The molecule has 1 saturated heterocycles. The van der Waals surface area contributed by atoms with E-state index in [2.05, 4.69) is 28.7 Å². The molecule has 5 nitrogen and oxygen atoms in total. The van der Waals surface area contributed by atoms with Crippen LogP contribution in [-0.2, 0) is 5.60 Å². The van der Waals surface area contributed by atoms with Gasteiger partial charge in [0.25, 0.3) is 0 Å². The molecule has 1 aliphatic rings. The first kappa shape index (κ1) is 18.0. The highest BCUT2D eigenvalue weighted by Gasteiger charge is 2.35. The molecule has 1 fully saturated rings. The van der Waals surface area contributed by atoms with Crippen LogP contribution in [-0.4, -0.2) is 34.8 Å². The minimum atomic E-state index is -0.895. The molecule has 0 radical (unpaired) electrons. The van der Waals surface area contributed by atoms with Crippen molar-refractivity contribution in [3.05, 3.63) is 47.2 Å². The molecule has 0 atom stereocenters. The van der Waals surface area contributed by atoms with Crippen molar-refractivity contribution in [1.82, 2.24) is 9.97 Å². The molecule has 2 aromatic rings. The fourth-order valence-corrected chi connectivity index (χ4v) is 3.34. The Bertz CT molecular complexity index is 715. The van der Waals surface area contributed by atoms with E-state index in [-0.39, 0.29) is 0 Å². The van der Waals surface area contributed by atoms with Gasteiger partial charge in [-0.15, -0.1) is 0 Å². The van der Waals surface area contributed by atoms with Crippen LogP contribution < -0.4 is 9.64 Å². The third kappa shape index (κ3) is 4.22. The van der Waals surface area contributed by atoms with Crippen LogP contribution in [0.3, 0.4) is 0 Å². The molecule has 3 rings (SSSR count). The number of rotatable bonds is 5. The molecule has 1 aromatic carbocycles. The molecule has 0 aliphatic carbocycles. The highest BCUT2D eigenvalue weighted by molar-refractivity contribution is 6.31. The Labute approximate surface area is 153 Å². The van der Waals surface area contributed by atoms with E-state index in [1.807, 2.05) is 24.3 Å². The summed E-state index contributed by atoms with van der Waals surface area (Å²) < 4.78 is 5.66. The second kappa shape index (κ2) is 7.58. The van der Waals surface area contributed by atoms with Gasteiger partial charge >= 0.3 is 0 Å². The second-order valence-electron chi connectivity index (χ2n) is 6.92. The van der Waals surface area contributed by atoms with Gasteiger partial charge in [0.1, 0.15) is 0 Å². The van der Waals surface area contributed by atoms with E-state index in [4.69, 9.17) is 16.3 Å². The minimum absolute atomic E-state index is 0.436. The predicted molar refractivity (Wildman–Crippen MR) is 99.2 cm³/mol. The van der Waals surface area contributed by atoms with E-state index in [1.165, 1.54) is 0 Å². The van der Waals surface area contributed by atoms with Gasteiger partial charge in [-0.25, -0.2) is 0 Å². The smallest absolute Gasteiger partial charge is 0.234 e. The molecule has 6 heteroatoms. The number of halogens is 1. The van der Waals surface area contributed by atoms with E-state index in [0.717, 1.165) is 11.4 Å². The molecule has 1 aliphatic heterocycles. The average Bonchev–Trinajstić information content (AvgIpc) is 2.61. The largest absolute Gasteiger partial charge is 0.476 e. The van der Waals surface area contributed by atoms with Crippen molar-refractivity contribution < 1.29 is 9.84 Å². The van der Waals surface area contributed by atoms with E-state index < -0.39 is 5.60 Å². The number of ether oxygens (including phenoxy) is 1. The third-order valence-corrected chi connectivity index (χ3v) is 4.78. The Morgan fingerprint density at radius 3 is 2.64 bits per heavy atom. The Balaban J connectivity index is 1.68. The monoisotopic (exact) mass is 361 g/mol. The highest BCUT2D eigenvalue weighted by Crippen LogP contribution is 2.37. The van der Waals surface area contributed by atoms with Gasteiger partial charge in [0.05, 0.1) is 24.6 Å². The van der Waals surface area contributed by atoms with E-state index >= 15 is 0 Å². The van der Waals surface area contributed by atoms with E-state index in [1.54, 1.807) is 12.4 Å². The SMILES string of the molecule is CC(C)COc1cncc(N2CCC(O)(c3ccccc3Cl)CC2)n1. The lowest BCUT2D eigenvalue weighted by molar-refractivity contribution is 0.0117. The van der Waals surface area contributed by atoms with Crippen LogP contribution in [0.15, 0.2) is 36.7 Å². The van der Waals surface area contributed by atoms with Gasteiger partial charge in [-0.05, 0) is 24.8 Å².